The molecule has 0 heterocycles. The van der Waals surface area contributed by atoms with E-state index in [2.05, 4.69) is 37.3 Å². The molecule has 0 N–H and O–H groups in total. The quantitative estimate of drug-likeness (QED) is 0.162. The van der Waals surface area contributed by atoms with Crippen LogP contribution < -0.4 is 0 Å². The van der Waals surface area contributed by atoms with E-state index >= 15 is 0 Å². The van der Waals surface area contributed by atoms with E-state index in [1.807, 2.05) is 25.3 Å². The van der Waals surface area contributed by atoms with Crippen LogP contribution in [0.25, 0.3) is 0 Å². The number of hydrogen-bond donors (Lipinski definition) is 0. The molecule has 2 nitrogen and oxygen atoms in total. The smallest absolute Gasteiger partial charge is 0.0912 e. The Bertz CT molecular complexity index is 798. The van der Waals surface area contributed by atoms with Gasteiger partial charge in [-0.05, 0) is 106 Å². The van der Waals surface area contributed by atoms with Gasteiger partial charge in [-0.25, -0.2) is 0 Å². The van der Waals surface area contributed by atoms with Crippen molar-refractivity contribution >= 4 is 0 Å². The zero-order chi connectivity index (χ0) is 24.8. The van der Waals surface area contributed by atoms with Crippen LogP contribution in [0.4, 0.5) is 0 Å². The Morgan fingerprint density at radius 2 is 1.60 bits per heavy atom. The van der Waals surface area contributed by atoms with Crippen molar-refractivity contribution in [3.8, 4) is 6.07 Å². The highest BCUT2D eigenvalue weighted by Gasteiger charge is 2.38. The van der Waals surface area contributed by atoms with Gasteiger partial charge in [-0.2, -0.15) is 5.26 Å². The first-order chi connectivity index (χ1) is 17.2. The minimum Gasteiger partial charge on any atom is -0.378 e. The van der Waals surface area contributed by atoms with E-state index in [9.17, 15) is 0 Å². The molecule has 0 atom stereocenters. The van der Waals surface area contributed by atoms with E-state index < -0.39 is 0 Å². The van der Waals surface area contributed by atoms with E-state index in [1.54, 1.807) is 5.56 Å². The molecule has 0 bridgehead atoms. The summed E-state index contributed by atoms with van der Waals surface area (Å²) >= 11 is 0. The van der Waals surface area contributed by atoms with E-state index in [-0.39, 0.29) is 5.60 Å². The maximum absolute atomic E-state index is 8.58. The van der Waals surface area contributed by atoms with Crippen molar-refractivity contribution in [2.45, 2.75) is 121 Å². The fraction of sp³-hybridized carbons (Fsp3) is 0.667. The first-order valence-electron chi connectivity index (χ1n) is 14.5. The van der Waals surface area contributed by atoms with Gasteiger partial charge in [-0.1, -0.05) is 75.1 Å². The van der Waals surface area contributed by atoms with E-state index in [0.717, 1.165) is 30.6 Å². The molecule has 0 aromatic heterocycles. The predicted octanol–water partition coefficient (Wildman–Crippen LogP) is 9.46. The third-order valence-corrected chi connectivity index (χ3v) is 9.02. The highest BCUT2D eigenvalue weighted by molar-refractivity contribution is 5.26. The van der Waals surface area contributed by atoms with E-state index in [4.69, 9.17) is 10.00 Å². The number of nitriles is 1. The normalized spacial score (nSPS) is 27.4. The lowest BCUT2D eigenvalue weighted by Gasteiger charge is -2.43. The summed E-state index contributed by atoms with van der Waals surface area (Å²) in [7, 11) is 1.91. The molecule has 0 radical (unpaired) electrons. The average molecular weight is 476 g/mol. The molecule has 2 fully saturated rings. The fourth-order valence-corrected chi connectivity index (χ4v) is 6.63. The van der Waals surface area contributed by atoms with Crippen LogP contribution in [0.2, 0.25) is 0 Å². The molecule has 0 spiro atoms. The molecule has 0 unspecified atom stereocenters. The summed E-state index contributed by atoms with van der Waals surface area (Å²) in [5.74, 6) is 2.58. The van der Waals surface area contributed by atoms with Gasteiger partial charge in [0.15, 0.2) is 0 Å². The molecule has 3 rings (SSSR count). The number of nitrogens with zero attached hydrogens (tertiary/aromatic N) is 1. The number of methoxy groups -OCH3 is 1. The Kier molecular flexibility index (Phi) is 12.1. The number of benzene rings is 1. The van der Waals surface area contributed by atoms with Crippen LogP contribution in [0.1, 0.15) is 120 Å². The second kappa shape index (κ2) is 15.3. The lowest BCUT2D eigenvalue weighted by molar-refractivity contribution is -0.0614. The Balaban J connectivity index is 1.38. The molecule has 1 aromatic rings. The molecular weight excluding hydrogens is 426 g/mol. The van der Waals surface area contributed by atoms with Gasteiger partial charge in [0.2, 0.25) is 0 Å². The molecular formula is C33H49NO. The van der Waals surface area contributed by atoms with E-state index in [1.165, 1.54) is 102 Å². The summed E-state index contributed by atoms with van der Waals surface area (Å²) in [6, 6.07) is 11.7. The van der Waals surface area contributed by atoms with Crippen LogP contribution >= 0.6 is 0 Å². The third kappa shape index (κ3) is 8.95. The lowest BCUT2D eigenvalue weighted by Crippen LogP contribution is -2.38. The van der Waals surface area contributed by atoms with Crippen LogP contribution in [0.15, 0.2) is 48.6 Å². The summed E-state index contributed by atoms with van der Waals surface area (Å²) in [5.41, 5.74) is 3.17. The molecule has 1 aromatic carbocycles. The minimum absolute atomic E-state index is 0.0642. The summed E-state index contributed by atoms with van der Waals surface area (Å²) < 4.78 is 6.06. The maximum atomic E-state index is 8.58. The van der Waals surface area contributed by atoms with Crippen LogP contribution in [-0.4, -0.2) is 12.7 Å². The van der Waals surface area contributed by atoms with Gasteiger partial charge < -0.3 is 4.74 Å². The number of unbranched alkanes of at least 4 members (excludes halogenated alkanes) is 4. The van der Waals surface area contributed by atoms with Gasteiger partial charge in [-0.15, -0.1) is 0 Å². The second-order valence-corrected chi connectivity index (χ2v) is 11.2. The molecule has 35 heavy (non-hydrogen) atoms. The summed E-state index contributed by atoms with van der Waals surface area (Å²) in [4.78, 5) is 0. The number of allylic oxidation sites excluding steroid dienone is 4. The number of rotatable bonds is 13. The van der Waals surface area contributed by atoms with Crippen molar-refractivity contribution in [1.82, 2.24) is 0 Å². The molecule has 0 amide bonds. The van der Waals surface area contributed by atoms with Crippen LogP contribution in [0.5, 0.6) is 0 Å². The fourth-order valence-electron chi connectivity index (χ4n) is 6.63. The molecule has 2 heteroatoms. The Morgan fingerprint density at radius 3 is 2.26 bits per heavy atom. The lowest BCUT2D eigenvalue weighted by atomic mass is 9.66. The molecule has 0 saturated heterocycles. The van der Waals surface area contributed by atoms with Gasteiger partial charge >= 0.3 is 0 Å². The van der Waals surface area contributed by atoms with Gasteiger partial charge in [0.25, 0.3) is 0 Å². The van der Waals surface area contributed by atoms with Crippen molar-refractivity contribution < 1.29 is 4.74 Å². The Hall–Kier alpha value is -1.85. The van der Waals surface area contributed by atoms with Crippen LogP contribution in [-0.2, 0) is 11.2 Å². The minimum atomic E-state index is 0.0642. The molecule has 0 aliphatic heterocycles. The standard InChI is InChI=1S/C33H49NO/c1-3-4-5-7-10-13-28-14-16-29(17-15-28)30-18-20-31(21-19-30)32-22-25-33(35-2,26-23-32)24-11-8-6-9-12-27-34/h6,8-9,12,14-17,30-32H,3-5,7,10-11,13,18-26H2,1-2H3. The van der Waals surface area contributed by atoms with Crippen molar-refractivity contribution in [3.05, 3.63) is 59.7 Å². The summed E-state index contributed by atoms with van der Waals surface area (Å²) in [6.45, 7) is 2.29. The highest BCUT2D eigenvalue weighted by Crippen LogP contribution is 2.46. The van der Waals surface area contributed by atoms with Crippen molar-refractivity contribution in [1.29, 1.82) is 5.26 Å². The van der Waals surface area contributed by atoms with Crippen molar-refractivity contribution in [3.63, 3.8) is 0 Å². The largest absolute Gasteiger partial charge is 0.378 e. The molecule has 2 aliphatic carbocycles. The van der Waals surface area contributed by atoms with Crippen molar-refractivity contribution in [2.24, 2.45) is 11.8 Å². The number of hydrogen-bond acceptors (Lipinski definition) is 2. The van der Waals surface area contributed by atoms with Gasteiger partial charge in [-0.3, -0.25) is 0 Å². The topological polar surface area (TPSA) is 33.0 Å². The first kappa shape index (κ1) is 27.7. The molecule has 2 saturated carbocycles. The molecule has 2 aliphatic rings. The van der Waals surface area contributed by atoms with Gasteiger partial charge in [0.05, 0.1) is 11.7 Å². The predicted molar refractivity (Wildman–Crippen MR) is 148 cm³/mol. The number of ether oxygens (including phenoxy) is 1. The summed E-state index contributed by atoms with van der Waals surface area (Å²) in [5, 5.41) is 8.58. The second-order valence-electron chi connectivity index (χ2n) is 11.2. The molecule has 192 valence electrons. The maximum Gasteiger partial charge on any atom is 0.0912 e. The highest BCUT2D eigenvalue weighted by atomic mass is 16.5. The van der Waals surface area contributed by atoms with E-state index in [0.29, 0.717) is 0 Å². The monoisotopic (exact) mass is 475 g/mol. The average Bonchev–Trinajstić information content (AvgIpc) is 2.91. The Labute approximate surface area is 215 Å². The van der Waals surface area contributed by atoms with Gasteiger partial charge in [0, 0.05) is 13.2 Å². The zero-order valence-electron chi connectivity index (χ0n) is 22.5. The summed E-state index contributed by atoms with van der Waals surface area (Å²) in [6.07, 6.45) is 28.3. The number of aryl methyl sites for hydroxylation is 1. The zero-order valence-corrected chi connectivity index (χ0v) is 22.5. The van der Waals surface area contributed by atoms with Crippen molar-refractivity contribution in [2.75, 3.05) is 7.11 Å². The van der Waals surface area contributed by atoms with Crippen LogP contribution in [0.3, 0.4) is 0 Å². The SMILES string of the molecule is CCCCCCCc1ccc(C2CCC(C3CCC(CCC=CC=CC#N)(OC)CC3)CC2)cc1. The third-order valence-electron chi connectivity index (χ3n) is 9.02. The van der Waals surface area contributed by atoms with Gasteiger partial charge in [0.1, 0.15) is 0 Å². The Morgan fingerprint density at radius 1 is 0.914 bits per heavy atom. The van der Waals surface area contributed by atoms with Crippen LogP contribution in [0, 0.1) is 23.2 Å². The first-order valence-corrected chi connectivity index (χ1v) is 14.5.